The molecule has 1 fully saturated rings. The van der Waals surface area contributed by atoms with Crippen molar-refractivity contribution in [2.45, 2.75) is 6.92 Å². The normalized spacial score (nSPS) is 14.0. The molecule has 0 spiro atoms. The lowest BCUT2D eigenvalue weighted by atomic mass is 10.2. The van der Waals surface area contributed by atoms with Crippen molar-refractivity contribution in [3.8, 4) is 0 Å². The lowest BCUT2D eigenvalue weighted by molar-refractivity contribution is 0.0566. The van der Waals surface area contributed by atoms with E-state index in [1.54, 1.807) is 47.1 Å². The van der Waals surface area contributed by atoms with Crippen LogP contribution in [-0.2, 0) is 4.74 Å². The van der Waals surface area contributed by atoms with Gasteiger partial charge < -0.3 is 19.0 Å². The largest absolute Gasteiger partial charge is 0.450 e. The van der Waals surface area contributed by atoms with Crippen LogP contribution in [0.4, 0.5) is 10.8 Å². The highest BCUT2D eigenvalue weighted by Gasteiger charge is 2.27. The molecular weight excluding hydrogens is 352 g/mol. The van der Waals surface area contributed by atoms with Gasteiger partial charge in [-0.15, -0.1) is 0 Å². The van der Waals surface area contributed by atoms with Crippen LogP contribution < -0.4 is 5.32 Å². The fraction of sp³-hybridized carbons (Fsp3) is 0.333. The molecule has 1 N–H and O–H groups in total. The predicted octanol–water partition coefficient (Wildman–Crippen LogP) is 1.84. The van der Waals surface area contributed by atoms with E-state index in [0.29, 0.717) is 38.3 Å². The highest BCUT2D eigenvalue weighted by atomic mass is 16.6. The number of hydrogen-bond acceptors (Lipinski definition) is 6. The smallest absolute Gasteiger partial charge is 0.409 e. The first-order chi connectivity index (χ1) is 13.1. The number of nitrogens with zero attached hydrogens (tertiary/aromatic N) is 3. The third kappa shape index (κ3) is 4.43. The second-order valence-electron chi connectivity index (χ2n) is 5.84. The second kappa shape index (κ2) is 8.35. The maximum absolute atomic E-state index is 12.5. The van der Waals surface area contributed by atoms with Crippen molar-refractivity contribution >= 4 is 23.9 Å². The molecule has 142 valence electrons. The van der Waals surface area contributed by atoms with Crippen LogP contribution in [0.5, 0.6) is 0 Å². The zero-order valence-electron chi connectivity index (χ0n) is 14.9. The molecular formula is C18H20N4O5. The van der Waals surface area contributed by atoms with Crippen molar-refractivity contribution in [3.05, 3.63) is 47.9 Å². The van der Waals surface area contributed by atoms with Crippen molar-refractivity contribution in [2.24, 2.45) is 0 Å². The van der Waals surface area contributed by atoms with E-state index < -0.39 is 0 Å². The second-order valence-corrected chi connectivity index (χ2v) is 5.84. The Morgan fingerprint density at radius 1 is 1.11 bits per heavy atom. The van der Waals surface area contributed by atoms with Crippen molar-refractivity contribution in [2.75, 3.05) is 38.1 Å². The molecule has 0 radical (unpaired) electrons. The van der Waals surface area contributed by atoms with Crippen molar-refractivity contribution < 1.29 is 23.5 Å². The topological polar surface area (TPSA) is 105 Å². The average Bonchev–Trinajstić information content (AvgIpc) is 3.17. The number of carbonyl (C=O) groups is 3. The van der Waals surface area contributed by atoms with Gasteiger partial charge >= 0.3 is 12.1 Å². The number of amides is 3. The summed E-state index contributed by atoms with van der Waals surface area (Å²) in [6.45, 7) is 3.58. The van der Waals surface area contributed by atoms with Crippen LogP contribution in [0.15, 0.2) is 41.0 Å². The standard InChI is InChI=1S/C18H20N4O5/c1-2-26-18(25)22-10-8-21(9-11-22)16(24)14-12-27-17(19-14)20-15(23)13-6-4-3-5-7-13/h3-7,12H,2,8-11H2,1H3,(H,19,20,23). The highest BCUT2D eigenvalue weighted by Crippen LogP contribution is 2.13. The maximum atomic E-state index is 12.5. The van der Waals surface area contributed by atoms with Crippen molar-refractivity contribution in [1.82, 2.24) is 14.8 Å². The molecule has 27 heavy (non-hydrogen) atoms. The van der Waals surface area contributed by atoms with Crippen LogP contribution >= 0.6 is 0 Å². The molecule has 0 unspecified atom stereocenters. The van der Waals surface area contributed by atoms with Gasteiger partial charge in [-0.3, -0.25) is 14.9 Å². The van der Waals surface area contributed by atoms with E-state index in [-0.39, 0.29) is 29.6 Å². The maximum Gasteiger partial charge on any atom is 0.409 e. The molecule has 1 aromatic carbocycles. The van der Waals surface area contributed by atoms with Crippen LogP contribution in [0.25, 0.3) is 0 Å². The van der Waals surface area contributed by atoms with E-state index in [1.165, 1.54) is 6.26 Å². The first-order valence-electron chi connectivity index (χ1n) is 8.61. The minimum Gasteiger partial charge on any atom is -0.450 e. The van der Waals surface area contributed by atoms with Gasteiger partial charge in [0.05, 0.1) is 6.61 Å². The number of aromatic nitrogens is 1. The SMILES string of the molecule is CCOC(=O)N1CCN(C(=O)c2coc(NC(=O)c3ccccc3)n2)CC1. The lowest BCUT2D eigenvalue weighted by Crippen LogP contribution is -2.50. The quantitative estimate of drug-likeness (QED) is 0.878. The number of ether oxygens (including phenoxy) is 1. The number of nitrogens with one attached hydrogen (secondary N) is 1. The summed E-state index contributed by atoms with van der Waals surface area (Å²) in [4.78, 5) is 43.5. The summed E-state index contributed by atoms with van der Waals surface area (Å²) in [5.74, 6) is -0.693. The molecule has 1 aliphatic heterocycles. The minimum atomic E-state index is -0.378. The van der Waals surface area contributed by atoms with E-state index in [4.69, 9.17) is 9.15 Å². The fourth-order valence-electron chi connectivity index (χ4n) is 2.66. The first kappa shape index (κ1) is 18.4. The third-order valence-corrected chi connectivity index (χ3v) is 4.07. The molecule has 2 aromatic rings. The zero-order valence-corrected chi connectivity index (χ0v) is 14.9. The number of piperazine rings is 1. The Morgan fingerprint density at radius 2 is 1.78 bits per heavy atom. The molecule has 1 saturated heterocycles. The summed E-state index contributed by atoms with van der Waals surface area (Å²) >= 11 is 0. The molecule has 2 heterocycles. The van der Waals surface area contributed by atoms with Crippen LogP contribution in [0, 0.1) is 0 Å². The summed E-state index contributed by atoms with van der Waals surface area (Å²) in [6, 6.07) is 8.57. The van der Waals surface area contributed by atoms with Crippen LogP contribution in [0.2, 0.25) is 0 Å². The lowest BCUT2D eigenvalue weighted by Gasteiger charge is -2.33. The minimum absolute atomic E-state index is 0.0441. The van der Waals surface area contributed by atoms with E-state index in [2.05, 4.69) is 10.3 Å². The molecule has 9 nitrogen and oxygen atoms in total. The fourth-order valence-corrected chi connectivity index (χ4v) is 2.66. The van der Waals surface area contributed by atoms with Crippen LogP contribution in [-0.4, -0.2) is 65.5 Å². The Balaban J connectivity index is 1.56. The summed E-state index contributed by atoms with van der Waals surface area (Å²) in [5, 5.41) is 2.52. The van der Waals surface area contributed by atoms with Crippen molar-refractivity contribution in [3.63, 3.8) is 0 Å². The van der Waals surface area contributed by atoms with Gasteiger partial charge in [0.1, 0.15) is 6.26 Å². The van der Waals surface area contributed by atoms with Gasteiger partial charge in [-0.1, -0.05) is 18.2 Å². The highest BCUT2D eigenvalue weighted by molar-refractivity contribution is 6.03. The molecule has 1 aromatic heterocycles. The van der Waals surface area contributed by atoms with Gasteiger partial charge in [0.25, 0.3) is 11.8 Å². The predicted molar refractivity (Wildman–Crippen MR) is 95.4 cm³/mol. The summed E-state index contributed by atoms with van der Waals surface area (Å²) < 4.78 is 10.1. The molecule has 3 amide bonds. The Kier molecular flexibility index (Phi) is 5.70. The number of hydrogen-bond donors (Lipinski definition) is 1. The van der Waals surface area contributed by atoms with E-state index in [0.717, 1.165) is 0 Å². The first-order valence-corrected chi connectivity index (χ1v) is 8.61. The number of anilines is 1. The summed E-state index contributed by atoms with van der Waals surface area (Å²) in [5.41, 5.74) is 0.557. The van der Waals surface area contributed by atoms with Crippen LogP contribution in [0.3, 0.4) is 0 Å². The van der Waals surface area contributed by atoms with Gasteiger partial charge in [-0.05, 0) is 19.1 Å². The van der Waals surface area contributed by atoms with Crippen molar-refractivity contribution in [1.29, 1.82) is 0 Å². The van der Waals surface area contributed by atoms with Gasteiger partial charge in [-0.2, -0.15) is 4.98 Å². The molecule has 0 aliphatic carbocycles. The van der Waals surface area contributed by atoms with Gasteiger partial charge in [-0.25, -0.2) is 4.79 Å². The Hall–Kier alpha value is -3.36. The molecule has 0 bridgehead atoms. The number of rotatable bonds is 4. The van der Waals surface area contributed by atoms with E-state index in [1.807, 2.05) is 0 Å². The number of benzene rings is 1. The molecule has 0 saturated carbocycles. The van der Waals surface area contributed by atoms with Crippen LogP contribution in [0.1, 0.15) is 27.8 Å². The number of oxazole rings is 1. The Morgan fingerprint density at radius 3 is 2.44 bits per heavy atom. The van der Waals surface area contributed by atoms with Gasteiger partial charge in [0, 0.05) is 31.7 Å². The molecule has 9 heteroatoms. The Bertz CT molecular complexity index is 812. The van der Waals surface area contributed by atoms with E-state index in [9.17, 15) is 14.4 Å². The molecule has 3 rings (SSSR count). The molecule has 1 aliphatic rings. The Labute approximate surface area is 155 Å². The summed E-state index contributed by atoms with van der Waals surface area (Å²) in [7, 11) is 0. The molecule has 0 atom stereocenters. The van der Waals surface area contributed by atoms with Gasteiger partial charge in [0.2, 0.25) is 0 Å². The van der Waals surface area contributed by atoms with E-state index >= 15 is 0 Å². The zero-order chi connectivity index (χ0) is 19.2. The monoisotopic (exact) mass is 372 g/mol. The third-order valence-electron chi connectivity index (χ3n) is 4.07. The average molecular weight is 372 g/mol. The summed E-state index contributed by atoms with van der Waals surface area (Å²) in [6.07, 6.45) is 0.831. The number of carbonyl (C=O) groups excluding carboxylic acids is 3. The van der Waals surface area contributed by atoms with Gasteiger partial charge in [0.15, 0.2) is 5.69 Å².